The fourth-order valence-corrected chi connectivity index (χ4v) is 7.52. The Kier molecular flexibility index (Phi) is 41.7. The van der Waals surface area contributed by atoms with E-state index in [9.17, 15) is 19.4 Å². The van der Waals surface area contributed by atoms with Gasteiger partial charge < -0.3 is 19.8 Å². The van der Waals surface area contributed by atoms with Gasteiger partial charge in [0.1, 0.15) is 13.2 Å². The number of amides is 1. The molecule has 3 unspecified atom stereocenters. The van der Waals surface area contributed by atoms with Crippen molar-refractivity contribution in [3.63, 3.8) is 0 Å². The van der Waals surface area contributed by atoms with Gasteiger partial charge in [0.15, 0.2) is 0 Å². The first kappa shape index (κ1) is 58.9. The first-order chi connectivity index (χ1) is 29.5. The van der Waals surface area contributed by atoms with Gasteiger partial charge in [-0.15, -0.1) is 0 Å². The molecule has 0 rings (SSSR count). The molecule has 0 bridgehead atoms. The third-order valence-corrected chi connectivity index (χ3v) is 11.7. The number of aliphatic hydroxyl groups excluding tert-OH is 1. The second-order valence-electron chi connectivity index (χ2n) is 17.8. The molecule has 0 saturated carbocycles. The van der Waals surface area contributed by atoms with Crippen molar-refractivity contribution in [1.82, 2.24) is 5.32 Å². The molecule has 8 nitrogen and oxygen atoms in total. The second-order valence-corrected chi connectivity index (χ2v) is 19.3. The minimum absolute atomic E-state index is 0.0477. The van der Waals surface area contributed by atoms with Crippen LogP contribution >= 0.6 is 7.82 Å². The highest BCUT2D eigenvalue weighted by Gasteiger charge is 2.27. The molecule has 0 spiro atoms. The SMILES string of the molecule is CC/C=C\C/C=C\C/C=C\C/C=C\C/C=C\CCCC(=O)NC(COP(=O)(O)OCC[N+](C)(C)C)C(O)/C=C/CCCCCCCCCCCCCCCCCCCCCC. The lowest BCUT2D eigenvalue weighted by Crippen LogP contribution is -2.45. The minimum Gasteiger partial charge on any atom is -0.387 e. The van der Waals surface area contributed by atoms with Gasteiger partial charge >= 0.3 is 7.82 Å². The van der Waals surface area contributed by atoms with Gasteiger partial charge in [-0.25, -0.2) is 4.57 Å². The van der Waals surface area contributed by atoms with E-state index >= 15 is 0 Å². The summed E-state index contributed by atoms with van der Waals surface area (Å²) in [5.74, 6) is -0.235. The normalized spacial score (nSPS) is 14.8. The third-order valence-electron chi connectivity index (χ3n) is 10.7. The summed E-state index contributed by atoms with van der Waals surface area (Å²) in [6, 6.07) is -0.880. The van der Waals surface area contributed by atoms with E-state index in [1.54, 1.807) is 6.08 Å². The third kappa shape index (κ3) is 45.8. The molecular formula is C52H96N2O6P+. The number of allylic oxidation sites excluding steroid dienone is 11. The Labute approximate surface area is 376 Å². The Bertz CT molecular complexity index is 1220. The standard InChI is InChI=1S/C52H95N2O6P/c1-6-8-10-12-14-16-18-20-22-24-25-26-27-28-30-31-33-35-37-39-41-43-45-51(55)50(49-60-61(57,58)59-48-47-54(3,4)5)53-52(56)46-44-42-40-38-36-34-32-29-23-21-19-17-15-13-11-9-7-2/h9,11,15,17,21,23,32,34,38,40,43,45,50-51,55H,6-8,10,12-14,16,18-20,22,24-31,33,35-37,39,41-42,44,46-49H2,1-5H3,(H-,53,56,57,58)/p+1/b11-9-,17-15-,23-21-,34-32-,40-38-,45-43+. The van der Waals surface area contributed by atoms with Crippen molar-refractivity contribution in [2.75, 3.05) is 40.9 Å². The van der Waals surface area contributed by atoms with E-state index < -0.39 is 20.0 Å². The number of unbranched alkanes of at least 4 members (excludes halogenated alkanes) is 21. The van der Waals surface area contributed by atoms with Gasteiger partial charge in [0.25, 0.3) is 0 Å². The first-order valence-electron chi connectivity index (χ1n) is 24.8. The van der Waals surface area contributed by atoms with Crippen molar-refractivity contribution in [3.05, 3.63) is 72.9 Å². The van der Waals surface area contributed by atoms with Gasteiger partial charge in [0, 0.05) is 6.42 Å². The van der Waals surface area contributed by atoms with Gasteiger partial charge in [-0.05, 0) is 57.8 Å². The maximum atomic E-state index is 12.9. The molecule has 3 atom stereocenters. The molecule has 0 saturated heterocycles. The lowest BCUT2D eigenvalue weighted by atomic mass is 10.0. The maximum Gasteiger partial charge on any atom is 0.472 e. The highest BCUT2D eigenvalue weighted by molar-refractivity contribution is 7.47. The van der Waals surface area contributed by atoms with Crippen LogP contribution in [0, 0.1) is 0 Å². The van der Waals surface area contributed by atoms with Gasteiger partial charge in [0.05, 0.1) is 39.9 Å². The van der Waals surface area contributed by atoms with E-state index in [-0.39, 0.29) is 25.5 Å². The predicted molar refractivity (Wildman–Crippen MR) is 263 cm³/mol. The van der Waals surface area contributed by atoms with Crippen LogP contribution < -0.4 is 5.32 Å². The number of aliphatic hydroxyl groups is 1. The van der Waals surface area contributed by atoms with Crippen LogP contribution in [0.5, 0.6) is 0 Å². The lowest BCUT2D eigenvalue weighted by Gasteiger charge is -2.25. The van der Waals surface area contributed by atoms with E-state index in [1.165, 1.54) is 116 Å². The zero-order valence-corrected chi connectivity index (χ0v) is 41.0. The summed E-state index contributed by atoms with van der Waals surface area (Å²) in [4.78, 5) is 23.2. The van der Waals surface area contributed by atoms with Crippen LogP contribution in [0.4, 0.5) is 0 Å². The van der Waals surface area contributed by atoms with Crippen LogP contribution in [0.1, 0.15) is 200 Å². The van der Waals surface area contributed by atoms with Crippen molar-refractivity contribution in [2.45, 2.75) is 212 Å². The van der Waals surface area contributed by atoms with Crippen molar-refractivity contribution in [1.29, 1.82) is 0 Å². The highest BCUT2D eigenvalue weighted by Crippen LogP contribution is 2.43. The van der Waals surface area contributed by atoms with Gasteiger partial charge in [0.2, 0.25) is 5.91 Å². The number of phosphoric acid groups is 1. The molecule has 0 fully saturated rings. The number of nitrogens with one attached hydrogen (secondary N) is 1. The van der Waals surface area contributed by atoms with Crippen LogP contribution in [-0.4, -0.2) is 73.4 Å². The largest absolute Gasteiger partial charge is 0.472 e. The summed E-state index contributed by atoms with van der Waals surface area (Å²) in [7, 11) is 1.53. The fraction of sp³-hybridized carbons (Fsp3) is 0.750. The Hall–Kier alpha value is -2.06. The number of quaternary nitrogens is 1. The predicted octanol–water partition coefficient (Wildman–Crippen LogP) is 14.4. The lowest BCUT2D eigenvalue weighted by molar-refractivity contribution is -0.870. The van der Waals surface area contributed by atoms with E-state index in [2.05, 4.69) is 79.9 Å². The Morgan fingerprint density at radius 2 is 0.984 bits per heavy atom. The zero-order chi connectivity index (χ0) is 45.0. The molecule has 0 aromatic carbocycles. The highest BCUT2D eigenvalue weighted by atomic mass is 31.2. The molecule has 0 aromatic rings. The number of likely N-dealkylation sites (N-methyl/N-ethyl adjacent to an activating group) is 1. The summed E-state index contributed by atoms with van der Waals surface area (Å²) in [5.41, 5.74) is 0. The van der Waals surface area contributed by atoms with Crippen LogP contribution in [0.3, 0.4) is 0 Å². The molecule has 0 radical (unpaired) electrons. The van der Waals surface area contributed by atoms with Crippen LogP contribution in [0.25, 0.3) is 0 Å². The van der Waals surface area contributed by atoms with Crippen LogP contribution in [0.2, 0.25) is 0 Å². The Morgan fingerprint density at radius 3 is 1.43 bits per heavy atom. The Morgan fingerprint density at radius 1 is 0.574 bits per heavy atom. The minimum atomic E-state index is -4.36. The monoisotopic (exact) mass is 876 g/mol. The van der Waals surface area contributed by atoms with Crippen LogP contribution in [0.15, 0.2) is 72.9 Å². The molecule has 61 heavy (non-hydrogen) atoms. The number of phosphoric ester groups is 1. The molecular weight excluding hydrogens is 780 g/mol. The molecule has 354 valence electrons. The molecule has 1 amide bonds. The maximum absolute atomic E-state index is 12.9. The summed E-state index contributed by atoms with van der Waals surface area (Å²) < 4.78 is 23.6. The molecule has 9 heteroatoms. The van der Waals surface area contributed by atoms with Gasteiger partial charge in [-0.2, -0.15) is 0 Å². The number of hydrogen-bond acceptors (Lipinski definition) is 5. The zero-order valence-electron chi connectivity index (χ0n) is 40.1. The molecule has 3 N–H and O–H groups in total. The Balaban J connectivity index is 4.42. The number of hydrogen-bond donors (Lipinski definition) is 3. The molecule has 0 aliphatic rings. The van der Waals surface area contributed by atoms with Crippen molar-refractivity contribution < 1.29 is 32.9 Å². The summed E-state index contributed by atoms with van der Waals surface area (Å²) in [6.45, 7) is 4.66. The van der Waals surface area contributed by atoms with Crippen LogP contribution in [-0.2, 0) is 18.4 Å². The average Bonchev–Trinajstić information content (AvgIpc) is 3.21. The van der Waals surface area contributed by atoms with Gasteiger partial charge in [-0.3, -0.25) is 13.8 Å². The van der Waals surface area contributed by atoms with Crippen molar-refractivity contribution in [2.24, 2.45) is 0 Å². The fourth-order valence-electron chi connectivity index (χ4n) is 6.78. The molecule has 0 aliphatic carbocycles. The summed E-state index contributed by atoms with van der Waals surface area (Å²) >= 11 is 0. The molecule has 0 heterocycles. The van der Waals surface area contributed by atoms with Crippen molar-refractivity contribution >= 4 is 13.7 Å². The molecule has 0 aliphatic heterocycles. The number of carbonyl (C=O) groups excluding carboxylic acids is 1. The van der Waals surface area contributed by atoms with E-state index in [0.29, 0.717) is 17.4 Å². The van der Waals surface area contributed by atoms with E-state index in [0.717, 1.165) is 57.8 Å². The second kappa shape index (κ2) is 43.2. The summed E-state index contributed by atoms with van der Waals surface area (Å²) in [6.07, 6.45) is 58.5. The van der Waals surface area contributed by atoms with E-state index in [1.807, 2.05) is 27.2 Å². The van der Waals surface area contributed by atoms with Gasteiger partial charge in [-0.1, -0.05) is 209 Å². The number of carbonyl (C=O) groups is 1. The number of nitrogens with zero attached hydrogens (tertiary/aromatic N) is 1. The summed E-state index contributed by atoms with van der Waals surface area (Å²) in [5, 5.41) is 13.8. The smallest absolute Gasteiger partial charge is 0.387 e. The first-order valence-corrected chi connectivity index (χ1v) is 26.3. The topological polar surface area (TPSA) is 105 Å². The van der Waals surface area contributed by atoms with E-state index in [4.69, 9.17) is 9.05 Å². The van der Waals surface area contributed by atoms with Crippen molar-refractivity contribution in [3.8, 4) is 0 Å². The quantitative estimate of drug-likeness (QED) is 0.0244. The molecule has 0 aromatic heterocycles. The average molecular weight is 876 g/mol. The number of rotatable bonds is 44.